The minimum atomic E-state index is -4.30. The van der Waals surface area contributed by atoms with Gasteiger partial charge in [-0.15, -0.1) is 0 Å². The van der Waals surface area contributed by atoms with E-state index in [0.29, 0.717) is 23.5 Å². The van der Waals surface area contributed by atoms with Crippen molar-refractivity contribution in [2.24, 2.45) is 11.8 Å². The predicted molar refractivity (Wildman–Crippen MR) is 117 cm³/mol. The van der Waals surface area contributed by atoms with Crippen LogP contribution in [0.1, 0.15) is 56.2 Å². The molecule has 0 unspecified atom stereocenters. The van der Waals surface area contributed by atoms with Crippen LogP contribution in [0.15, 0.2) is 36.5 Å². The predicted octanol–water partition coefficient (Wildman–Crippen LogP) is 5.64. The number of nitrogens with one attached hydrogen (secondary N) is 1. The molecule has 2 aliphatic rings. The Hall–Kier alpha value is -2.82. The topological polar surface area (TPSA) is 64.8 Å². The number of halogens is 3. The first-order valence-corrected chi connectivity index (χ1v) is 11.3. The number of rotatable bonds is 5. The van der Waals surface area contributed by atoms with Crippen LogP contribution >= 0.6 is 0 Å². The highest BCUT2D eigenvalue weighted by atomic mass is 19.4. The van der Waals surface area contributed by atoms with E-state index >= 15 is 0 Å². The van der Waals surface area contributed by atoms with E-state index in [1.165, 1.54) is 18.6 Å². The van der Waals surface area contributed by atoms with E-state index < -0.39 is 11.7 Å². The third-order valence-electron chi connectivity index (χ3n) is 6.71. The van der Waals surface area contributed by atoms with Crippen LogP contribution in [0.25, 0.3) is 0 Å². The van der Waals surface area contributed by atoms with Gasteiger partial charge in [0.05, 0.1) is 5.56 Å². The summed E-state index contributed by atoms with van der Waals surface area (Å²) >= 11 is 0. The Morgan fingerprint density at radius 2 is 1.84 bits per heavy atom. The SMILES string of the molecule is N#Cc1ccnc(N[C@@H]2CCCC[C@H]2C[C@H]2CCCN(c3ccc(C(F)(F)F)cc3)C2)n1. The molecule has 5 nitrogen and oxygen atoms in total. The van der Waals surface area contributed by atoms with Crippen molar-refractivity contribution >= 4 is 11.6 Å². The van der Waals surface area contributed by atoms with Gasteiger partial charge in [0, 0.05) is 31.0 Å². The van der Waals surface area contributed by atoms with Crippen molar-refractivity contribution in [3.05, 3.63) is 47.8 Å². The van der Waals surface area contributed by atoms with Gasteiger partial charge in [-0.1, -0.05) is 12.8 Å². The zero-order chi connectivity index (χ0) is 22.6. The quantitative estimate of drug-likeness (QED) is 0.647. The van der Waals surface area contributed by atoms with Crippen LogP contribution in [0.2, 0.25) is 0 Å². The van der Waals surface area contributed by atoms with Crippen molar-refractivity contribution in [3.8, 4) is 6.07 Å². The van der Waals surface area contributed by atoms with Gasteiger partial charge < -0.3 is 10.2 Å². The summed E-state index contributed by atoms with van der Waals surface area (Å²) in [6.45, 7) is 1.75. The van der Waals surface area contributed by atoms with Crippen LogP contribution in [-0.4, -0.2) is 29.1 Å². The first-order valence-electron chi connectivity index (χ1n) is 11.3. The lowest BCUT2D eigenvalue weighted by Crippen LogP contribution is -2.39. The summed E-state index contributed by atoms with van der Waals surface area (Å²) < 4.78 is 38.6. The van der Waals surface area contributed by atoms with E-state index in [4.69, 9.17) is 5.26 Å². The summed E-state index contributed by atoms with van der Waals surface area (Å²) in [7, 11) is 0. The third-order valence-corrected chi connectivity index (χ3v) is 6.71. The number of nitrogens with zero attached hydrogens (tertiary/aromatic N) is 4. The van der Waals surface area contributed by atoms with Crippen molar-refractivity contribution in [1.29, 1.82) is 5.26 Å². The maximum absolute atomic E-state index is 12.9. The van der Waals surface area contributed by atoms with E-state index in [2.05, 4.69) is 26.3 Å². The number of piperidine rings is 1. The van der Waals surface area contributed by atoms with Crippen molar-refractivity contribution in [3.63, 3.8) is 0 Å². The molecule has 1 aliphatic carbocycles. The molecule has 1 saturated carbocycles. The maximum Gasteiger partial charge on any atom is 0.416 e. The van der Waals surface area contributed by atoms with E-state index in [0.717, 1.165) is 57.3 Å². The monoisotopic (exact) mass is 443 g/mol. The van der Waals surface area contributed by atoms with Gasteiger partial charge in [-0.05, 0) is 74.3 Å². The Balaban J connectivity index is 1.39. The van der Waals surface area contributed by atoms with Gasteiger partial charge in [0.2, 0.25) is 5.95 Å². The fourth-order valence-electron chi connectivity index (χ4n) is 5.12. The first kappa shape index (κ1) is 22.4. The van der Waals surface area contributed by atoms with E-state index in [9.17, 15) is 13.2 Å². The maximum atomic E-state index is 12.9. The Kier molecular flexibility index (Phi) is 6.83. The molecule has 4 rings (SSSR count). The van der Waals surface area contributed by atoms with E-state index in [1.54, 1.807) is 24.4 Å². The Morgan fingerprint density at radius 3 is 2.59 bits per heavy atom. The Morgan fingerprint density at radius 1 is 1.06 bits per heavy atom. The molecule has 0 radical (unpaired) electrons. The Bertz CT molecular complexity index is 938. The van der Waals surface area contributed by atoms with E-state index in [1.807, 2.05) is 0 Å². The standard InChI is InChI=1S/C24H28F3N5/c25-24(26,27)19-7-9-21(10-8-19)32-13-3-4-17(16-32)14-18-5-1-2-6-22(18)31-23-29-12-11-20(15-28)30-23/h7-12,17-18,22H,1-6,13-14,16H2,(H,29,30,31)/t17-,18+,22-/m1/s1. The molecule has 32 heavy (non-hydrogen) atoms. The zero-order valence-corrected chi connectivity index (χ0v) is 18.0. The van der Waals surface area contributed by atoms with Crippen LogP contribution in [0.5, 0.6) is 0 Å². The molecule has 1 aliphatic heterocycles. The largest absolute Gasteiger partial charge is 0.416 e. The molecule has 170 valence electrons. The molecular weight excluding hydrogens is 415 g/mol. The van der Waals surface area contributed by atoms with Gasteiger partial charge in [0.1, 0.15) is 11.8 Å². The Labute approximate surface area is 186 Å². The molecule has 3 atom stereocenters. The highest BCUT2D eigenvalue weighted by Crippen LogP contribution is 2.36. The molecular formula is C24H28F3N5. The summed E-state index contributed by atoms with van der Waals surface area (Å²) in [6.07, 6.45) is 5.13. The summed E-state index contributed by atoms with van der Waals surface area (Å²) in [5.41, 5.74) is 0.616. The molecule has 0 amide bonds. The van der Waals surface area contributed by atoms with Gasteiger partial charge in [0.25, 0.3) is 0 Å². The van der Waals surface area contributed by atoms with Crippen molar-refractivity contribution in [1.82, 2.24) is 9.97 Å². The first-order chi connectivity index (χ1) is 15.4. The van der Waals surface area contributed by atoms with Crippen LogP contribution in [0.4, 0.5) is 24.8 Å². The number of hydrogen-bond acceptors (Lipinski definition) is 5. The van der Waals surface area contributed by atoms with Gasteiger partial charge in [-0.3, -0.25) is 0 Å². The second-order valence-electron chi connectivity index (χ2n) is 8.91. The number of hydrogen-bond donors (Lipinski definition) is 1. The molecule has 1 saturated heterocycles. The van der Waals surface area contributed by atoms with Crippen molar-refractivity contribution in [2.75, 3.05) is 23.3 Å². The van der Waals surface area contributed by atoms with Crippen molar-refractivity contribution in [2.45, 2.75) is 57.2 Å². The zero-order valence-electron chi connectivity index (χ0n) is 18.0. The van der Waals surface area contributed by atoms with Crippen molar-refractivity contribution < 1.29 is 13.2 Å². The summed E-state index contributed by atoms with van der Waals surface area (Å²) in [6, 6.07) is 9.47. The molecule has 2 aromatic rings. The van der Waals surface area contributed by atoms with Crippen LogP contribution in [0.3, 0.4) is 0 Å². The average molecular weight is 444 g/mol. The summed E-state index contributed by atoms with van der Waals surface area (Å²) in [5.74, 6) is 1.51. The molecule has 2 heterocycles. The number of alkyl halides is 3. The summed E-state index contributed by atoms with van der Waals surface area (Å²) in [5, 5.41) is 12.5. The fourth-order valence-corrected chi connectivity index (χ4v) is 5.12. The third kappa shape index (κ3) is 5.50. The number of nitriles is 1. The normalized spacial score (nSPS) is 24.1. The number of anilines is 2. The summed E-state index contributed by atoms with van der Waals surface area (Å²) in [4.78, 5) is 10.8. The fraction of sp³-hybridized carbons (Fsp3) is 0.542. The van der Waals surface area contributed by atoms with Gasteiger partial charge in [-0.2, -0.15) is 18.4 Å². The van der Waals surface area contributed by atoms with Crippen LogP contribution in [-0.2, 0) is 6.18 Å². The minimum Gasteiger partial charge on any atom is -0.371 e. The number of aromatic nitrogens is 2. The molecule has 1 aromatic heterocycles. The highest BCUT2D eigenvalue weighted by Gasteiger charge is 2.32. The lowest BCUT2D eigenvalue weighted by molar-refractivity contribution is -0.137. The molecule has 2 fully saturated rings. The minimum absolute atomic E-state index is 0.277. The molecule has 0 spiro atoms. The number of benzene rings is 1. The lowest BCUT2D eigenvalue weighted by Gasteiger charge is -2.39. The van der Waals surface area contributed by atoms with Crippen LogP contribution in [0, 0.1) is 23.2 Å². The second-order valence-corrected chi connectivity index (χ2v) is 8.91. The van der Waals surface area contributed by atoms with Gasteiger partial charge in [0.15, 0.2) is 0 Å². The molecule has 0 bridgehead atoms. The van der Waals surface area contributed by atoms with Gasteiger partial charge >= 0.3 is 6.18 Å². The van der Waals surface area contributed by atoms with Gasteiger partial charge in [-0.25, -0.2) is 9.97 Å². The van der Waals surface area contributed by atoms with Crippen LogP contribution < -0.4 is 10.2 Å². The molecule has 1 N–H and O–H groups in total. The lowest BCUT2D eigenvalue weighted by atomic mass is 9.77. The second kappa shape index (κ2) is 9.76. The highest BCUT2D eigenvalue weighted by molar-refractivity contribution is 5.48. The molecule has 1 aromatic carbocycles. The average Bonchev–Trinajstić information content (AvgIpc) is 2.80. The van der Waals surface area contributed by atoms with E-state index in [-0.39, 0.29) is 6.04 Å². The smallest absolute Gasteiger partial charge is 0.371 e. The molecule has 8 heteroatoms.